The summed E-state index contributed by atoms with van der Waals surface area (Å²) in [6.45, 7) is 0.916. The highest BCUT2D eigenvalue weighted by Gasteiger charge is 2.33. The summed E-state index contributed by atoms with van der Waals surface area (Å²) in [7, 11) is -4.44. The van der Waals surface area contributed by atoms with Crippen LogP contribution in [0.1, 0.15) is 12.0 Å². The monoisotopic (exact) mass is 480 g/mol. The van der Waals surface area contributed by atoms with E-state index in [0.29, 0.717) is 35.6 Å². The Kier molecular flexibility index (Phi) is 6.50. The molecule has 0 spiro atoms. The molecule has 11 nitrogen and oxygen atoms in total. The quantitative estimate of drug-likeness (QED) is 0.507. The van der Waals surface area contributed by atoms with E-state index in [2.05, 4.69) is 10.5 Å². The summed E-state index contributed by atoms with van der Waals surface area (Å²) in [6, 6.07) is 6.09. The molecule has 1 atom stereocenters. The summed E-state index contributed by atoms with van der Waals surface area (Å²) in [6.07, 6.45) is 1.54. The number of rotatable bonds is 7. The fourth-order valence-electron chi connectivity index (χ4n) is 3.71. The van der Waals surface area contributed by atoms with Gasteiger partial charge in [-0.25, -0.2) is 9.18 Å². The van der Waals surface area contributed by atoms with E-state index in [0.717, 1.165) is 0 Å². The van der Waals surface area contributed by atoms with Gasteiger partial charge in [0.1, 0.15) is 24.3 Å². The van der Waals surface area contributed by atoms with E-state index in [-0.39, 0.29) is 19.6 Å². The highest BCUT2D eigenvalue weighted by Crippen LogP contribution is 2.35. The van der Waals surface area contributed by atoms with Gasteiger partial charge in [-0.15, -0.1) is 0 Å². The van der Waals surface area contributed by atoms with Crippen molar-refractivity contribution in [3.05, 3.63) is 48.0 Å². The standard InChI is InChI=1S/C20H22FN4O7P/c21-17-9-14(25-11-15(32-20(25)27)10-22-18-5-8-31-23-18)1-2-16(17)13-3-6-24(7-4-13)19(26)12-33(28,29)30/h1-3,5,8-9,15H,4,6-7,10-12H2,(H,22,23)(H2,28,29,30)/t15-/m0/s1. The van der Waals surface area contributed by atoms with Crippen LogP contribution in [-0.2, 0) is 14.1 Å². The van der Waals surface area contributed by atoms with Crippen molar-refractivity contribution in [1.82, 2.24) is 10.1 Å². The molecule has 176 valence electrons. The van der Waals surface area contributed by atoms with Crippen LogP contribution in [0.25, 0.3) is 5.57 Å². The van der Waals surface area contributed by atoms with Gasteiger partial charge >= 0.3 is 13.7 Å². The lowest BCUT2D eigenvalue weighted by atomic mass is 9.98. The number of carbonyl (C=O) groups is 2. The molecule has 3 heterocycles. The van der Waals surface area contributed by atoms with Crippen LogP contribution in [0.4, 0.5) is 20.7 Å². The first-order valence-corrected chi connectivity index (χ1v) is 11.9. The number of hydrogen-bond donors (Lipinski definition) is 3. The third-order valence-corrected chi connectivity index (χ3v) is 6.02. The summed E-state index contributed by atoms with van der Waals surface area (Å²) in [5.41, 5.74) is 1.38. The number of hydrogen-bond acceptors (Lipinski definition) is 7. The van der Waals surface area contributed by atoms with E-state index >= 15 is 0 Å². The lowest BCUT2D eigenvalue weighted by molar-refractivity contribution is -0.128. The molecule has 3 N–H and O–H groups in total. The van der Waals surface area contributed by atoms with Crippen molar-refractivity contribution < 1.29 is 37.6 Å². The molecule has 0 unspecified atom stereocenters. The fourth-order valence-corrected chi connectivity index (χ4v) is 4.26. The third-order valence-electron chi connectivity index (χ3n) is 5.34. The summed E-state index contributed by atoms with van der Waals surface area (Å²) >= 11 is 0. The summed E-state index contributed by atoms with van der Waals surface area (Å²) in [5.74, 6) is -0.650. The van der Waals surface area contributed by atoms with Gasteiger partial charge in [0.2, 0.25) is 5.91 Å². The van der Waals surface area contributed by atoms with Crippen LogP contribution in [0.2, 0.25) is 0 Å². The molecule has 0 aliphatic carbocycles. The molecule has 0 saturated carbocycles. The Bertz CT molecular complexity index is 1120. The van der Waals surface area contributed by atoms with Crippen LogP contribution in [0, 0.1) is 5.82 Å². The number of cyclic esters (lactones) is 1. The largest absolute Gasteiger partial charge is 0.442 e. The number of nitrogens with one attached hydrogen (secondary N) is 1. The molecule has 1 aromatic carbocycles. The van der Waals surface area contributed by atoms with E-state index in [4.69, 9.17) is 19.0 Å². The minimum atomic E-state index is -4.44. The predicted octanol–water partition coefficient (Wildman–Crippen LogP) is 2.04. The predicted molar refractivity (Wildman–Crippen MR) is 115 cm³/mol. The maximum absolute atomic E-state index is 14.9. The SMILES string of the molecule is O=C(CP(=O)(O)O)N1CC=C(c2ccc(N3C[C@H](CNc4ccon4)OC3=O)cc2F)CC1. The second-order valence-electron chi connectivity index (χ2n) is 7.69. The van der Waals surface area contributed by atoms with E-state index in [1.807, 2.05) is 0 Å². The van der Waals surface area contributed by atoms with Gasteiger partial charge in [0, 0.05) is 24.7 Å². The van der Waals surface area contributed by atoms with Gasteiger partial charge in [-0.1, -0.05) is 11.2 Å². The van der Waals surface area contributed by atoms with Crippen LogP contribution < -0.4 is 10.2 Å². The first kappa shape index (κ1) is 23.0. The highest BCUT2D eigenvalue weighted by molar-refractivity contribution is 7.52. The Hall–Kier alpha value is -3.21. The average molecular weight is 480 g/mol. The maximum atomic E-state index is 14.9. The number of amides is 2. The van der Waals surface area contributed by atoms with Crippen molar-refractivity contribution in [2.24, 2.45) is 0 Å². The zero-order valence-electron chi connectivity index (χ0n) is 17.4. The maximum Gasteiger partial charge on any atom is 0.414 e. The molecule has 2 aromatic rings. The number of aromatic nitrogens is 1. The van der Waals surface area contributed by atoms with Gasteiger partial charge in [0.15, 0.2) is 5.82 Å². The Balaban J connectivity index is 1.38. The molecule has 2 amide bonds. The van der Waals surface area contributed by atoms with Crippen molar-refractivity contribution in [2.45, 2.75) is 12.5 Å². The van der Waals surface area contributed by atoms with Crippen LogP contribution >= 0.6 is 7.60 Å². The number of halogens is 1. The molecular weight excluding hydrogens is 458 g/mol. The van der Waals surface area contributed by atoms with Gasteiger partial charge in [-0.05, 0) is 30.2 Å². The number of nitrogens with zero attached hydrogens (tertiary/aromatic N) is 3. The summed E-state index contributed by atoms with van der Waals surface area (Å²) in [5, 5.41) is 6.70. The third kappa shape index (κ3) is 5.59. The summed E-state index contributed by atoms with van der Waals surface area (Å²) in [4.78, 5) is 44.8. The smallest absolute Gasteiger partial charge is 0.414 e. The lowest BCUT2D eigenvalue weighted by Gasteiger charge is -2.27. The first-order valence-electron chi connectivity index (χ1n) is 10.1. The van der Waals surface area contributed by atoms with Crippen molar-refractivity contribution in [1.29, 1.82) is 0 Å². The molecular formula is C20H22FN4O7P. The van der Waals surface area contributed by atoms with E-state index in [9.17, 15) is 18.5 Å². The molecule has 1 saturated heterocycles. The molecule has 0 radical (unpaired) electrons. The van der Waals surface area contributed by atoms with E-state index in [1.54, 1.807) is 24.3 Å². The minimum absolute atomic E-state index is 0.133. The second kappa shape index (κ2) is 9.34. The molecule has 1 fully saturated rings. The zero-order valence-corrected chi connectivity index (χ0v) is 18.3. The van der Waals surface area contributed by atoms with Gasteiger partial charge < -0.3 is 29.3 Å². The Morgan fingerprint density at radius 2 is 2.15 bits per heavy atom. The Labute approximate surface area is 187 Å². The molecule has 2 aliphatic rings. The van der Waals surface area contributed by atoms with Crippen LogP contribution in [0.3, 0.4) is 0 Å². The molecule has 4 rings (SSSR count). The Morgan fingerprint density at radius 1 is 1.33 bits per heavy atom. The van der Waals surface area contributed by atoms with Crippen molar-refractivity contribution in [3.8, 4) is 0 Å². The van der Waals surface area contributed by atoms with Crippen molar-refractivity contribution in [3.63, 3.8) is 0 Å². The molecule has 0 bridgehead atoms. The fraction of sp³-hybridized carbons (Fsp3) is 0.350. The molecule has 33 heavy (non-hydrogen) atoms. The highest BCUT2D eigenvalue weighted by atomic mass is 31.2. The molecule has 1 aromatic heterocycles. The second-order valence-corrected chi connectivity index (χ2v) is 9.33. The van der Waals surface area contributed by atoms with Crippen molar-refractivity contribution in [2.75, 3.05) is 42.6 Å². The van der Waals surface area contributed by atoms with Crippen LogP contribution in [0.5, 0.6) is 0 Å². The number of carbonyl (C=O) groups excluding carboxylic acids is 2. The first-order chi connectivity index (χ1) is 15.7. The number of benzene rings is 1. The normalized spacial score (nSPS) is 18.8. The van der Waals surface area contributed by atoms with E-state index < -0.39 is 37.7 Å². The van der Waals surface area contributed by atoms with Crippen molar-refractivity contribution >= 4 is 36.7 Å². The zero-order chi connectivity index (χ0) is 23.6. The molecule has 13 heteroatoms. The van der Waals surface area contributed by atoms with Gasteiger partial charge in [0.05, 0.1) is 18.8 Å². The van der Waals surface area contributed by atoms with Gasteiger partial charge in [-0.3, -0.25) is 14.3 Å². The summed E-state index contributed by atoms with van der Waals surface area (Å²) < 4.78 is 36.0. The van der Waals surface area contributed by atoms with Gasteiger partial charge in [-0.2, -0.15) is 0 Å². The average Bonchev–Trinajstić information content (AvgIpc) is 3.40. The topological polar surface area (TPSA) is 145 Å². The minimum Gasteiger partial charge on any atom is -0.442 e. The van der Waals surface area contributed by atoms with Crippen LogP contribution in [0.15, 0.2) is 41.1 Å². The number of ether oxygens (including phenoxy) is 1. The van der Waals surface area contributed by atoms with E-state index in [1.165, 1.54) is 22.1 Å². The lowest BCUT2D eigenvalue weighted by Crippen LogP contribution is -2.36. The van der Waals surface area contributed by atoms with Crippen LogP contribution in [-0.4, -0.2) is 70.3 Å². The number of anilines is 2. The van der Waals surface area contributed by atoms with Gasteiger partial charge in [0.25, 0.3) is 0 Å². The molecule has 2 aliphatic heterocycles. The Morgan fingerprint density at radius 3 is 2.79 bits per heavy atom.